The maximum absolute atomic E-state index is 6.34. The quantitative estimate of drug-likeness (QED) is 0.262. The van der Waals surface area contributed by atoms with Crippen molar-refractivity contribution < 1.29 is 4.42 Å². The average molecular weight is 506 g/mol. The van der Waals surface area contributed by atoms with E-state index in [4.69, 9.17) is 4.42 Å². The third-order valence-electron chi connectivity index (χ3n) is 6.06. The number of nitrogens with one attached hydrogen (secondary N) is 1. The van der Waals surface area contributed by atoms with E-state index < -0.39 is 0 Å². The van der Waals surface area contributed by atoms with Crippen molar-refractivity contribution in [1.82, 2.24) is 0 Å². The van der Waals surface area contributed by atoms with Crippen LogP contribution in [0.3, 0.4) is 0 Å². The second-order valence-electron chi connectivity index (χ2n) is 8.52. The number of aryl methyl sites for hydroxylation is 1. The van der Waals surface area contributed by atoms with Gasteiger partial charge in [-0.3, -0.25) is 0 Å². The summed E-state index contributed by atoms with van der Waals surface area (Å²) in [5, 5.41) is 4.64. The Kier molecular flexibility index (Phi) is 12.7. The molecule has 0 saturated carbocycles. The predicted octanol–water partition coefficient (Wildman–Crippen LogP) is 11.2. The minimum atomic E-state index is 0.919. The monoisotopic (exact) mass is 505 g/mol. The van der Waals surface area contributed by atoms with Gasteiger partial charge >= 0.3 is 0 Å². The number of para-hydroxylation sites is 1. The van der Waals surface area contributed by atoms with Crippen LogP contribution >= 0.6 is 0 Å². The molecular weight excluding hydrogens is 462 g/mol. The molecular formula is C36H43NO. The molecule has 0 aliphatic heterocycles. The molecule has 0 aliphatic rings. The fourth-order valence-corrected chi connectivity index (χ4v) is 4.08. The van der Waals surface area contributed by atoms with E-state index in [1.54, 1.807) is 0 Å². The highest BCUT2D eigenvalue weighted by molar-refractivity contribution is 5.93. The molecule has 38 heavy (non-hydrogen) atoms. The van der Waals surface area contributed by atoms with Crippen LogP contribution in [0.25, 0.3) is 28.2 Å². The van der Waals surface area contributed by atoms with Crippen molar-refractivity contribution in [3.63, 3.8) is 0 Å². The van der Waals surface area contributed by atoms with Gasteiger partial charge in [0.05, 0.1) is 0 Å². The van der Waals surface area contributed by atoms with E-state index in [9.17, 15) is 0 Å². The van der Waals surface area contributed by atoms with Gasteiger partial charge < -0.3 is 9.73 Å². The van der Waals surface area contributed by atoms with Crippen molar-refractivity contribution in [2.24, 2.45) is 0 Å². The zero-order chi connectivity index (χ0) is 27.9. The molecule has 0 aliphatic carbocycles. The maximum atomic E-state index is 6.34. The molecule has 0 bridgehead atoms. The van der Waals surface area contributed by atoms with Gasteiger partial charge in [-0.2, -0.15) is 0 Å². The highest BCUT2D eigenvalue weighted by atomic mass is 16.3. The molecule has 3 rings (SSSR count). The molecule has 2 nitrogen and oxygen atoms in total. The molecule has 1 N–H and O–H groups in total. The highest BCUT2D eigenvalue weighted by Crippen LogP contribution is 2.33. The lowest BCUT2D eigenvalue weighted by molar-refractivity contribution is 0.598. The molecule has 0 saturated heterocycles. The van der Waals surface area contributed by atoms with E-state index in [0.717, 1.165) is 57.8 Å². The summed E-state index contributed by atoms with van der Waals surface area (Å²) in [4.78, 5) is 0. The van der Waals surface area contributed by atoms with Crippen molar-refractivity contribution >= 4 is 33.9 Å². The first-order valence-corrected chi connectivity index (χ1v) is 13.6. The highest BCUT2D eigenvalue weighted by Gasteiger charge is 2.14. The zero-order valence-electron chi connectivity index (χ0n) is 24.0. The molecule has 1 heterocycles. The summed E-state index contributed by atoms with van der Waals surface area (Å²) in [6.07, 6.45) is 20.1. The summed E-state index contributed by atoms with van der Waals surface area (Å²) in [6.45, 7) is 20.3. The van der Waals surface area contributed by atoms with Crippen LogP contribution in [0.1, 0.15) is 70.4 Å². The summed E-state index contributed by atoms with van der Waals surface area (Å²) in [7, 11) is 0. The van der Waals surface area contributed by atoms with Crippen LogP contribution in [0.5, 0.6) is 0 Å². The lowest BCUT2D eigenvalue weighted by Crippen LogP contribution is -1.96. The van der Waals surface area contributed by atoms with Crippen LogP contribution in [-0.2, 0) is 6.42 Å². The molecule has 2 aromatic carbocycles. The first kappa shape index (κ1) is 30.2. The second kappa shape index (κ2) is 15.9. The Labute approximate surface area is 230 Å². The summed E-state index contributed by atoms with van der Waals surface area (Å²) in [5.41, 5.74) is 8.57. The van der Waals surface area contributed by atoms with Crippen molar-refractivity contribution in [1.29, 1.82) is 0 Å². The molecule has 198 valence electrons. The summed E-state index contributed by atoms with van der Waals surface area (Å²) >= 11 is 0. The Balaban J connectivity index is 0.00000247. The van der Waals surface area contributed by atoms with Crippen molar-refractivity contribution in [2.45, 2.75) is 54.4 Å². The smallest absolute Gasteiger partial charge is 0.142 e. The summed E-state index contributed by atoms with van der Waals surface area (Å²) in [6, 6.07) is 14.7. The Morgan fingerprint density at radius 2 is 1.68 bits per heavy atom. The molecule has 0 spiro atoms. The molecule has 3 aromatic rings. The van der Waals surface area contributed by atoms with E-state index in [2.05, 4.69) is 112 Å². The van der Waals surface area contributed by atoms with E-state index in [1.165, 1.54) is 10.9 Å². The van der Waals surface area contributed by atoms with Crippen LogP contribution in [0.4, 0.5) is 5.69 Å². The third kappa shape index (κ3) is 7.73. The minimum Gasteiger partial charge on any atom is -0.456 e. The molecule has 0 atom stereocenters. The summed E-state index contributed by atoms with van der Waals surface area (Å²) < 4.78 is 6.34. The van der Waals surface area contributed by atoms with Crippen LogP contribution in [0.15, 0.2) is 114 Å². The van der Waals surface area contributed by atoms with Gasteiger partial charge in [0.2, 0.25) is 0 Å². The normalized spacial score (nSPS) is 12.6. The topological polar surface area (TPSA) is 25.2 Å². The number of fused-ring (bicyclic) bond motifs is 1. The van der Waals surface area contributed by atoms with Crippen molar-refractivity contribution in [3.8, 4) is 0 Å². The Morgan fingerprint density at radius 1 is 0.947 bits per heavy atom. The van der Waals surface area contributed by atoms with Gasteiger partial charge in [-0.25, -0.2) is 0 Å². The standard InChI is InChI=1S/C34H37NO.C2H6/c1-7-12-15-26(9-3)27-20-23-29(24-21-27)35-28(10-4)22-19-25(6)31-16-14-17-32-30(11-5)33(18-13-8-2)36-34(31)32;1-2/h7,9-10,12-24,35H,3-4,8,11H2,1-2,5-6H3;1-2H3/b12-7-,18-13-,25-19+,26-15+,28-22+;. The van der Waals surface area contributed by atoms with E-state index in [0.29, 0.717) is 0 Å². The summed E-state index contributed by atoms with van der Waals surface area (Å²) in [5.74, 6) is 0.960. The van der Waals surface area contributed by atoms with Crippen molar-refractivity contribution in [3.05, 3.63) is 132 Å². The molecule has 1 aromatic heterocycles. The molecule has 0 radical (unpaired) electrons. The Morgan fingerprint density at radius 3 is 2.29 bits per heavy atom. The second-order valence-corrected chi connectivity index (χ2v) is 8.52. The fourth-order valence-electron chi connectivity index (χ4n) is 4.08. The number of hydrogen-bond donors (Lipinski definition) is 1. The van der Waals surface area contributed by atoms with Gasteiger partial charge in [-0.1, -0.05) is 108 Å². The predicted molar refractivity (Wildman–Crippen MR) is 171 cm³/mol. The fraction of sp³-hybridized carbons (Fsp3) is 0.222. The number of benzene rings is 2. The number of hydrogen-bond acceptors (Lipinski definition) is 2. The van der Waals surface area contributed by atoms with E-state index >= 15 is 0 Å². The average Bonchev–Trinajstić information content (AvgIpc) is 3.33. The number of furan rings is 1. The molecule has 0 fully saturated rings. The molecule has 0 amide bonds. The van der Waals surface area contributed by atoms with Gasteiger partial charge in [-0.05, 0) is 73.8 Å². The molecule has 2 heteroatoms. The first-order chi connectivity index (χ1) is 18.6. The number of rotatable bonds is 11. The van der Waals surface area contributed by atoms with Crippen LogP contribution in [0, 0.1) is 0 Å². The lowest BCUT2D eigenvalue weighted by atomic mass is 10.0. The Bertz CT molecular complexity index is 1350. The Hall–Kier alpha value is -4.04. The van der Waals surface area contributed by atoms with E-state index in [-0.39, 0.29) is 0 Å². The van der Waals surface area contributed by atoms with Gasteiger partial charge in [0.25, 0.3) is 0 Å². The van der Waals surface area contributed by atoms with Gasteiger partial charge in [0.1, 0.15) is 11.3 Å². The molecule has 0 unspecified atom stereocenters. The SMILES string of the molecule is C=C/C(=C\C=C(/C)c1cccc2c(CC)c(/C=C\CC)oc12)Nc1ccc(/C(C=C)=C/C=C\C)cc1.CC. The number of allylic oxidation sites excluding steroid dienone is 10. The van der Waals surface area contributed by atoms with E-state index in [1.807, 2.05) is 45.1 Å². The zero-order valence-corrected chi connectivity index (χ0v) is 24.0. The minimum absolute atomic E-state index is 0.919. The van der Waals surface area contributed by atoms with Gasteiger partial charge in [-0.15, -0.1) is 0 Å². The lowest BCUT2D eigenvalue weighted by Gasteiger charge is -2.09. The van der Waals surface area contributed by atoms with Crippen LogP contribution in [0.2, 0.25) is 0 Å². The largest absolute Gasteiger partial charge is 0.456 e. The van der Waals surface area contributed by atoms with Crippen molar-refractivity contribution in [2.75, 3.05) is 5.32 Å². The van der Waals surface area contributed by atoms with Gasteiger partial charge in [0, 0.05) is 27.9 Å². The van der Waals surface area contributed by atoms with Crippen LogP contribution < -0.4 is 5.32 Å². The van der Waals surface area contributed by atoms with Gasteiger partial charge in [0.15, 0.2) is 0 Å². The van der Waals surface area contributed by atoms with Crippen LogP contribution in [-0.4, -0.2) is 0 Å². The maximum Gasteiger partial charge on any atom is 0.142 e. The third-order valence-corrected chi connectivity index (χ3v) is 6.06. The first-order valence-electron chi connectivity index (χ1n) is 13.6. The number of anilines is 1.